The average Bonchev–Trinajstić information content (AvgIpc) is 2.17. The molecule has 0 unspecified atom stereocenters. The summed E-state index contributed by atoms with van der Waals surface area (Å²) in [4.78, 5) is 3.93. The molecular weight excluding hydrogens is 324 g/mol. The van der Waals surface area contributed by atoms with Crippen molar-refractivity contribution in [2.75, 3.05) is 7.11 Å². The van der Waals surface area contributed by atoms with E-state index in [1.165, 1.54) is 13.2 Å². The minimum atomic E-state index is -2.59. The first-order valence-electron chi connectivity index (χ1n) is 3.67. The largest absolute Gasteiger partial charge is 0.481 e. The number of methoxy groups -OCH3 is 1. The molecule has 0 aliphatic rings. The van der Waals surface area contributed by atoms with Crippen LogP contribution in [0.15, 0.2) is 10.5 Å². The number of hydrogen-bond acceptors (Lipinski definition) is 2. The predicted octanol–water partition coefficient (Wildman–Crippen LogP) is 3.69. The minimum absolute atomic E-state index is 0.0300. The van der Waals surface area contributed by atoms with Gasteiger partial charge in [-0.3, -0.25) is 0 Å². The van der Waals surface area contributed by atoms with Crippen LogP contribution in [0.3, 0.4) is 0 Å². The van der Waals surface area contributed by atoms with Crippen LogP contribution in [0.25, 0.3) is 0 Å². The van der Waals surface area contributed by atoms with E-state index < -0.39 is 6.43 Å². The number of rotatable bonds is 3. The van der Waals surface area contributed by atoms with E-state index in [1.54, 1.807) is 0 Å². The molecule has 0 aromatic carbocycles. The Bertz CT molecular complexity index is 333. The zero-order valence-electron chi connectivity index (χ0n) is 7.23. The third kappa shape index (κ3) is 2.42. The molecule has 0 bridgehead atoms. The fourth-order valence-corrected chi connectivity index (χ4v) is 2.21. The van der Waals surface area contributed by atoms with Crippen molar-refractivity contribution in [3.63, 3.8) is 0 Å². The lowest BCUT2D eigenvalue weighted by Gasteiger charge is -2.09. The maximum atomic E-state index is 12.5. The molecule has 0 N–H and O–H groups in total. The Kier molecular flexibility index (Phi) is 4.25. The topological polar surface area (TPSA) is 22.1 Å². The number of pyridine rings is 1. The Hall–Kier alpha value is -0.230. The van der Waals surface area contributed by atoms with Gasteiger partial charge in [0.05, 0.1) is 18.4 Å². The molecule has 1 aromatic rings. The molecule has 0 aliphatic carbocycles. The average molecular weight is 331 g/mol. The first-order chi connectivity index (χ1) is 6.60. The molecule has 1 aromatic heterocycles. The first-order valence-corrected chi connectivity index (χ1v) is 5.59. The number of halogens is 4. The van der Waals surface area contributed by atoms with Crippen LogP contribution in [0.1, 0.15) is 17.7 Å². The number of ether oxygens (including phenoxy) is 1. The summed E-state index contributed by atoms with van der Waals surface area (Å²) >= 11 is 6.36. The number of hydrogen-bond donors (Lipinski definition) is 0. The predicted molar refractivity (Wildman–Crippen MR) is 56.1 cm³/mol. The molecule has 0 amide bonds. The SMILES string of the molecule is COc1nc(CBr)c(Br)cc1C(F)F. The Morgan fingerprint density at radius 3 is 2.64 bits per heavy atom. The molecule has 1 rings (SSSR count). The van der Waals surface area contributed by atoms with Crippen LogP contribution >= 0.6 is 31.9 Å². The van der Waals surface area contributed by atoms with Gasteiger partial charge in [0.15, 0.2) is 0 Å². The Balaban J connectivity index is 3.24. The fraction of sp³-hybridized carbons (Fsp3) is 0.375. The van der Waals surface area contributed by atoms with E-state index >= 15 is 0 Å². The summed E-state index contributed by atoms with van der Waals surface area (Å²) in [6.07, 6.45) is -2.59. The van der Waals surface area contributed by atoms with Crippen molar-refractivity contribution in [3.8, 4) is 5.88 Å². The molecule has 2 nitrogen and oxygen atoms in total. The highest BCUT2D eigenvalue weighted by atomic mass is 79.9. The summed E-state index contributed by atoms with van der Waals surface area (Å²) in [5.41, 5.74) is 0.426. The van der Waals surface area contributed by atoms with Crippen molar-refractivity contribution in [1.82, 2.24) is 4.98 Å². The smallest absolute Gasteiger partial charge is 0.269 e. The molecule has 1 heterocycles. The van der Waals surface area contributed by atoms with Crippen molar-refractivity contribution >= 4 is 31.9 Å². The molecule has 0 aliphatic heterocycles. The monoisotopic (exact) mass is 329 g/mol. The molecule has 14 heavy (non-hydrogen) atoms. The maximum Gasteiger partial charge on any atom is 0.269 e. The normalized spacial score (nSPS) is 10.7. The van der Waals surface area contributed by atoms with Gasteiger partial charge in [0, 0.05) is 9.80 Å². The van der Waals surface area contributed by atoms with Crippen molar-refractivity contribution in [2.45, 2.75) is 11.8 Å². The molecule has 0 saturated carbocycles. The highest BCUT2D eigenvalue weighted by molar-refractivity contribution is 9.10. The van der Waals surface area contributed by atoms with E-state index in [4.69, 9.17) is 4.74 Å². The summed E-state index contributed by atoms with van der Waals surface area (Å²) in [6.45, 7) is 0. The summed E-state index contributed by atoms with van der Waals surface area (Å²) in [7, 11) is 1.32. The fourth-order valence-electron chi connectivity index (χ4n) is 0.936. The summed E-state index contributed by atoms with van der Waals surface area (Å²) < 4.78 is 30.3. The molecule has 0 fully saturated rings. The van der Waals surface area contributed by atoms with E-state index in [0.29, 0.717) is 15.5 Å². The second kappa shape index (κ2) is 5.02. The van der Waals surface area contributed by atoms with Crippen LogP contribution in [0, 0.1) is 0 Å². The van der Waals surface area contributed by atoms with Gasteiger partial charge < -0.3 is 4.74 Å². The molecular formula is C8H7Br2F2NO. The molecule has 78 valence electrons. The summed E-state index contributed by atoms with van der Waals surface area (Å²) in [5, 5.41) is 0.480. The lowest BCUT2D eigenvalue weighted by Crippen LogP contribution is -1.99. The van der Waals surface area contributed by atoms with Crippen LogP contribution in [0.2, 0.25) is 0 Å². The van der Waals surface area contributed by atoms with E-state index in [2.05, 4.69) is 36.8 Å². The van der Waals surface area contributed by atoms with Crippen LogP contribution in [0.5, 0.6) is 5.88 Å². The Morgan fingerprint density at radius 1 is 1.57 bits per heavy atom. The Morgan fingerprint density at radius 2 is 2.21 bits per heavy atom. The van der Waals surface area contributed by atoms with Gasteiger partial charge in [-0.05, 0) is 22.0 Å². The van der Waals surface area contributed by atoms with E-state index in [0.717, 1.165) is 0 Å². The summed E-state index contributed by atoms with van der Waals surface area (Å²) in [6, 6.07) is 1.33. The minimum Gasteiger partial charge on any atom is -0.481 e. The maximum absolute atomic E-state index is 12.5. The number of nitrogens with zero attached hydrogens (tertiary/aromatic N) is 1. The quantitative estimate of drug-likeness (QED) is 0.789. The highest BCUT2D eigenvalue weighted by Crippen LogP contribution is 2.31. The number of aromatic nitrogens is 1. The van der Waals surface area contributed by atoms with Crippen molar-refractivity contribution in [2.24, 2.45) is 0 Å². The third-order valence-electron chi connectivity index (χ3n) is 1.60. The van der Waals surface area contributed by atoms with Gasteiger partial charge in [0.1, 0.15) is 0 Å². The third-order valence-corrected chi connectivity index (χ3v) is 2.81. The zero-order chi connectivity index (χ0) is 10.7. The van der Waals surface area contributed by atoms with Gasteiger partial charge in [-0.2, -0.15) is 0 Å². The summed E-state index contributed by atoms with van der Waals surface area (Å²) in [5.74, 6) is -0.0300. The van der Waals surface area contributed by atoms with Crippen molar-refractivity contribution < 1.29 is 13.5 Å². The van der Waals surface area contributed by atoms with E-state index in [1.807, 2.05) is 0 Å². The highest BCUT2D eigenvalue weighted by Gasteiger charge is 2.17. The van der Waals surface area contributed by atoms with Crippen LogP contribution in [0.4, 0.5) is 8.78 Å². The van der Waals surface area contributed by atoms with Crippen LogP contribution < -0.4 is 4.74 Å². The number of alkyl halides is 3. The van der Waals surface area contributed by atoms with Crippen molar-refractivity contribution in [3.05, 3.63) is 21.8 Å². The van der Waals surface area contributed by atoms with E-state index in [-0.39, 0.29) is 11.4 Å². The lowest BCUT2D eigenvalue weighted by molar-refractivity contribution is 0.146. The molecule has 0 spiro atoms. The first kappa shape index (κ1) is 11.8. The molecule has 0 atom stereocenters. The molecule has 6 heteroatoms. The Labute approximate surface area is 96.9 Å². The van der Waals surface area contributed by atoms with Gasteiger partial charge in [-0.1, -0.05) is 15.9 Å². The second-order valence-electron chi connectivity index (χ2n) is 2.45. The second-order valence-corrected chi connectivity index (χ2v) is 3.86. The van der Waals surface area contributed by atoms with Gasteiger partial charge >= 0.3 is 0 Å². The van der Waals surface area contributed by atoms with Gasteiger partial charge in [0.2, 0.25) is 5.88 Å². The van der Waals surface area contributed by atoms with E-state index in [9.17, 15) is 8.78 Å². The molecule has 0 saturated heterocycles. The van der Waals surface area contributed by atoms with Gasteiger partial charge in [-0.25, -0.2) is 13.8 Å². The van der Waals surface area contributed by atoms with Crippen LogP contribution in [-0.4, -0.2) is 12.1 Å². The van der Waals surface area contributed by atoms with Crippen LogP contribution in [-0.2, 0) is 5.33 Å². The lowest BCUT2D eigenvalue weighted by atomic mass is 10.2. The zero-order valence-corrected chi connectivity index (χ0v) is 10.4. The van der Waals surface area contributed by atoms with Crippen molar-refractivity contribution in [1.29, 1.82) is 0 Å². The van der Waals surface area contributed by atoms with Gasteiger partial charge in [-0.15, -0.1) is 0 Å². The standard InChI is InChI=1S/C8H7Br2F2NO/c1-14-8-4(7(11)12)2-5(10)6(3-9)13-8/h2,7H,3H2,1H3. The van der Waals surface area contributed by atoms with Gasteiger partial charge in [0.25, 0.3) is 6.43 Å². The molecule has 0 radical (unpaired) electrons.